The van der Waals surface area contributed by atoms with Gasteiger partial charge in [-0.15, -0.1) is 22.7 Å². The molecule has 0 spiro atoms. The number of thiophene rings is 2. The molecule has 6 nitrogen and oxygen atoms in total. The van der Waals surface area contributed by atoms with E-state index < -0.39 is 24.5 Å². The van der Waals surface area contributed by atoms with Crippen molar-refractivity contribution < 1.29 is 23.9 Å². The van der Waals surface area contributed by atoms with Crippen LogP contribution in [0.1, 0.15) is 57.7 Å². The molecule has 0 fully saturated rings. The maximum absolute atomic E-state index is 12.6. The summed E-state index contributed by atoms with van der Waals surface area (Å²) < 4.78 is 10.4. The molecule has 150 valence electrons. The van der Waals surface area contributed by atoms with Crippen LogP contribution in [0.4, 0.5) is 5.00 Å². The summed E-state index contributed by atoms with van der Waals surface area (Å²) in [6.07, 6.45) is 2.42. The molecule has 1 atom stereocenters. The van der Waals surface area contributed by atoms with Gasteiger partial charge in [-0.3, -0.25) is 4.79 Å². The fourth-order valence-electron chi connectivity index (χ4n) is 3.09. The van der Waals surface area contributed by atoms with Crippen LogP contribution in [0.25, 0.3) is 0 Å². The SMILES string of the molecule is CC1CCc2c(sc(NC(=O)COC(=O)c3cccs3)c2C(=O)OC(C)C)C1. The van der Waals surface area contributed by atoms with Gasteiger partial charge in [0.05, 0.1) is 11.7 Å². The normalized spacial score (nSPS) is 15.8. The molecule has 1 amide bonds. The zero-order chi connectivity index (χ0) is 20.3. The Bertz CT molecular complexity index is 870. The molecule has 0 aliphatic heterocycles. The van der Waals surface area contributed by atoms with Crippen molar-refractivity contribution in [1.29, 1.82) is 0 Å². The van der Waals surface area contributed by atoms with E-state index in [0.29, 0.717) is 21.4 Å². The molecule has 0 bridgehead atoms. The van der Waals surface area contributed by atoms with E-state index in [1.54, 1.807) is 31.4 Å². The number of fused-ring (bicyclic) bond motifs is 1. The Kier molecular flexibility index (Phi) is 6.51. The second-order valence-electron chi connectivity index (χ2n) is 7.11. The Labute approximate surface area is 171 Å². The fourth-order valence-corrected chi connectivity index (χ4v) is 5.12. The first-order valence-corrected chi connectivity index (χ1v) is 10.9. The van der Waals surface area contributed by atoms with Crippen LogP contribution in [-0.2, 0) is 27.1 Å². The van der Waals surface area contributed by atoms with Gasteiger partial charge < -0.3 is 14.8 Å². The summed E-state index contributed by atoms with van der Waals surface area (Å²) in [5.74, 6) is -0.901. The number of hydrogen-bond acceptors (Lipinski definition) is 7. The first-order chi connectivity index (χ1) is 13.3. The zero-order valence-corrected chi connectivity index (χ0v) is 17.7. The van der Waals surface area contributed by atoms with Crippen molar-refractivity contribution in [3.8, 4) is 0 Å². The number of anilines is 1. The molecule has 1 N–H and O–H groups in total. The van der Waals surface area contributed by atoms with Gasteiger partial charge in [-0.1, -0.05) is 13.0 Å². The van der Waals surface area contributed by atoms with Crippen LogP contribution in [0.3, 0.4) is 0 Å². The van der Waals surface area contributed by atoms with Crippen molar-refractivity contribution in [2.45, 2.75) is 46.1 Å². The van der Waals surface area contributed by atoms with Gasteiger partial charge in [-0.25, -0.2) is 9.59 Å². The Morgan fingerprint density at radius 1 is 1.29 bits per heavy atom. The van der Waals surface area contributed by atoms with E-state index in [-0.39, 0.29) is 6.10 Å². The highest BCUT2D eigenvalue weighted by Gasteiger charge is 2.29. The van der Waals surface area contributed by atoms with Crippen LogP contribution in [-0.4, -0.2) is 30.6 Å². The van der Waals surface area contributed by atoms with Crippen molar-refractivity contribution in [2.24, 2.45) is 5.92 Å². The quantitative estimate of drug-likeness (QED) is 0.704. The Morgan fingerprint density at radius 2 is 2.07 bits per heavy atom. The van der Waals surface area contributed by atoms with Crippen LogP contribution in [0.2, 0.25) is 0 Å². The third-order valence-electron chi connectivity index (χ3n) is 4.37. The summed E-state index contributed by atoms with van der Waals surface area (Å²) in [5.41, 5.74) is 1.41. The van der Waals surface area contributed by atoms with Gasteiger partial charge in [0.15, 0.2) is 6.61 Å². The minimum atomic E-state index is -0.538. The van der Waals surface area contributed by atoms with E-state index in [1.165, 1.54) is 22.7 Å². The summed E-state index contributed by atoms with van der Waals surface area (Å²) >= 11 is 2.66. The van der Waals surface area contributed by atoms with Gasteiger partial charge in [0.1, 0.15) is 9.88 Å². The molecule has 3 rings (SSSR count). The predicted molar refractivity (Wildman–Crippen MR) is 109 cm³/mol. The summed E-state index contributed by atoms with van der Waals surface area (Å²) in [4.78, 5) is 38.4. The fraction of sp³-hybridized carbons (Fsp3) is 0.450. The van der Waals surface area contributed by atoms with Crippen LogP contribution in [0, 0.1) is 5.92 Å². The molecular weight excluding hydrogens is 398 g/mol. The van der Waals surface area contributed by atoms with Crippen LogP contribution in [0.15, 0.2) is 17.5 Å². The summed E-state index contributed by atoms with van der Waals surface area (Å²) in [6, 6.07) is 3.38. The molecule has 8 heteroatoms. The van der Waals surface area contributed by atoms with Crippen LogP contribution in [0.5, 0.6) is 0 Å². The van der Waals surface area contributed by atoms with Gasteiger partial charge in [-0.2, -0.15) is 0 Å². The van der Waals surface area contributed by atoms with Crippen molar-refractivity contribution in [2.75, 3.05) is 11.9 Å². The lowest BCUT2D eigenvalue weighted by Crippen LogP contribution is -2.22. The number of esters is 2. The Hall–Kier alpha value is -2.19. The first-order valence-electron chi connectivity index (χ1n) is 9.21. The third kappa shape index (κ3) is 4.80. The lowest BCUT2D eigenvalue weighted by atomic mass is 9.88. The summed E-state index contributed by atoms with van der Waals surface area (Å²) in [7, 11) is 0. The predicted octanol–water partition coefficient (Wildman–Crippen LogP) is 4.30. The molecule has 2 aromatic rings. The molecule has 1 aliphatic carbocycles. The Morgan fingerprint density at radius 3 is 2.75 bits per heavy atom. The largest absolute Gasteiger partial charge is 0.459 e. The molecule has 1 unspecified atom stereocenters. The molecule has 0 saturated carbocycles. The van der Waals surface area contributed by atoms with Crippen molar-refractivity contribution >= 4 is 45.5 Å². The minimum absolute atomic E-state index is 0.249. The van der Waals surface area contributed by atoms with E-state index in [4.69, 9.17) is 9.47 Å². The number of hydrogen-bond donors (Lipinski definition) is 1. The molecule has 1 aliphatic rings. The summed E-state index contributed by atoms with van der Waals surface area (Å²) in [6.45, 7) is 5.35. The number of carbonyl (C=O) groups is 3. The maximum Gasteiger partial charge on any atom is 0.348 e. The number of rotatable bonds is 6. The smallest absolute Gasteiger partial charge is 0.348 e. The van der Waals surface area contributed by atoms with E-state index in [9.17, 15) is 14.4 Å². The van der Waals surface area contributed by atoms with Crippen LogP contribution < -0.4 is 5.32 Å². The lowest BCUT2D eigenvalue weighted by molar-refractivity contribution is -0.119. The highest BCUT2D eigenvalue weighted by Crippen LogP contribution is 2.40. The van der Waals surface area contributed by atoms with Crippen molar-refractivity contribution in [1.82, 2.24) is 0 Å². The van der Waals surface area contributed by atoms with E-state index >= 15 is 0 Å². The molecule has 2 heterocycles. The second kappa shape index (κ2) is 8.87. The monoisotopic (exact) mass is 421 g/mol. The number of amides is 1. The lowest BCUT2D eigenvalue weighted by Gasteiger charge is -2.18. The minimum Gasteiger partial charge on any atom is -0.459 e. The van der Waals surface area contributed by atoms with E-state index in [0.717, 1.165) is 29.7 Å². The number of ether oxygens (including phenoxy) is 2. The second-order valence-corrected chi connectivity index (χ2v) is 9.16. The van der Waals surface area contributed by atoms with Crippen LogP contribution >= 0.6 is 22.7 Å². The van der Waals surface area contributed by atoms with Crippen molar-refractivity contribution in [3.63, 3.8) is 0 Å². The number of nitrogens with one attached hydrogen (secondary N) is 1. The maximum atomic E-state index is 12.6. The first kappa shape index (κ1) is 20.5. The standard InChI is InChI=1S/C20H23NO5S2/c1-11(2)26-20(24)17-13-7-6-12(3)9-15(13)28-18(17)21-16(22)10-25-19(23)14-5-4-8-27-14/h4-5,8,11-12H,6-7,9-10H2,1-3H3,(H,21,22). The Balaban J connectivity index is 1.74. The van der Waals surface area contributed by atoms with Gasteiger partial charge in [-0.05, 0) is 56.0 Å². The molecule has 0 radical (unpaired) electrons. The van der Waals surface area contributed by atoms with Gasteiger partial charge in [0, 0.05) is 4.88 Å². The topological polar surface area (TPSA) is 81.7 Å². The van der Waals surface area contributed by atoms with Gasteiger partial charge in [0.25, 0.3) is 5.91 Å². The highest BCUT2D eigenvalue weighted by molar-refractivity contribution is 7.17. The highest BCUT2D eigenvalue weighted by atomic mass is 32.1. The zero-order valence-electron chi connectivity index (χ0n) is 16.1. The average Bonchev–Trinajstić information content (AvgIpc) is 3.26. The van der Waals surface area contributed by atoms with Crippen molar-refractivity contribution in [3.05, 3.63) is 38.4 Å². The molecule has 0 aromatic carbocycles. The van der Waals surface area contributed by atoms with Gasteiger partial charge in [0.2, 0.25) is 0 Å². The third-order valence-corrected chi connectivity index (χ3v) is 6.39. The van der Waals surface area contributed by atoms with E-state index in [2.05, 4.69) is 12.2 Å². The number of carbonyl (C=O) groups excluding carboxylic acids is 3. The molecular formula is C20H23NO5S2. The molecule has 28 heavy (non-hydrogen) atoms. The molecule has 0 saturated heterocycles. The average molecular weight is 422 g/mol. The van der Waals surface area contributed by atoms with Gasteiger partial charge >= 0.3 is 11.9 Å². The molecule has 2 aromatic heterocycles. The summed E-state index contributed by atoms with van der Waals surface area (Å²) in [5, 5.41) is 4.98. The van der Waals surface area contributed by atoms with E-state index in [1.807, 2.05) is 0 Å².